The van der Waals surface area contributed by atoms with Gasteiger partial charge in [-0.2, -0.15) is 0 Å². The molecule has 3 aliphatic heterocycles. The van der Waals surface area contributed by atoms with Crippen LogP contribution in [0.5, 0.6) is 0 Å². The molecule has 3 heterocycles. The van der Waals surface area contributed by atoms with Crippen molar-refractivity contribution >= 4 is 17.5 Å². The second kappa shape index (κ2) is 6.21. The molecule has 0 atom stereocenters. The Morgan fingerprint density at radius 1 is 1.26 bits per heavy atom. The van der Waals surface area contributed by atoms with E-state index in [1.54, 1.807) is 6.07 Å². The molecule has 1 saturated carbocycles. The minimum absolute atomic E-state index is 0.125. The van der Waals surface area contributed by atoms with Crippen LogP contribution in [0.2, 0.25) is 0 Å². The first-order valence-corrected chi connectivity index (χ1v) is 9.58. The average Bonchev–Trinajstić information content (AvgIpc) is 3.05. The van der Waals surface area contributed by atoms with E-state index < -0.39 is 16.6 Å². The number of carbonyl (C=O) groups is 2. The van der Waals surface area contributed by atoms with Gasteiger partial charge in [0.2, 0.25) is 5.91 Å². The molecule has 4 fully saturated rings. The summed E-state index contributed by atoms with van der Waals surface area (Å²) in [6.45, 7) is 2.06. The minimum atomic E-state index is -0.579. The summed E-state index contributed by atoms with van der Waals surface area (Å²) >= 11 is 0. The van der Waals surface area contributed by atoms with E-state index in [-0.39, 0.29) is 11.8 Å². The lowest BCUT2D eigenvalue weighted by Gasteiger charge is -2.47. The van der Waals surface area contributed by atoms with Crippen molar-refractivity contribution in [3.05, 3.63) is 29.8 Å². The monoisotopic (exact) mass is 372 g/mol. The molecule has 1 aromatic rings. The lowest BCUT2D eigenvalue weighted by Crippen LogP contribution is -2.60. The van der Waals surface area contributed by atoms with Crippen LogP contribution in [0.25, 0.3) is 0 Å². The molecule has 2 bridgehead atoms. The van der Waals surface area contributed by atoms with Gasteiger partial charge in [-0.3, -0.25) is 9.59 Å². The molecule has 4 aliphatic rings. The van der Waals surface area contributed by atoms with Gasteiger partial charge < -0.3 is 26.0 Å². The number of hydrogen-bond donors (Lipinski definition) is 3. The Balaban J connectivity index is 1.46. The summed E-state index contributed by atoms with van der Waals surface area (Å²) < 4.78 is 6.50. The third kappa shape index (κ3) is 2.72. The van der Waals surface area contributed by atoms with Crippen molar-refractivity contribution in [2.75, 3.05) is 38.6 Å². The van der Waals surface area contributed by atoms with Gasteiger partial charge in [0.1, 0.15) is 0 Å². The summed E-state index contributed by atoms with van der Waals surface area (Å²) in [5.74, 6) is -0.387. The van der Waals surface area contributed by atoms with Crippen molar-refractivity contribution in [3.8, 4) is 0 Å². The van der Waals surface area contributed by atoms with Crippen LogP contribution < -0.4 is 21.3 Å². The smallest absolute Gasteiger partial charge is 0.251 e. The number of nitrogens with one attached hydrogen (secondary N) is 2. The number of nitrogens with two attached hydrogens (primary N) is 1. The molecule has 0 radical (unpaired) electrons. The zero-order valence-corrected chi connectivity index (χ0v) is 16.0. The predicted molar refractivity (Wildman–Crippen MR) is 103 cm³/mol. The van der Waals surface area contributed by atoms with Gasteiger partial charge in [-0.05, 0) is 57.0 Å². The van der Waals surface area contributed by atoms with Crippen molar-refractivity contribution in [2.45, 2.75) is 36.9 Å². The number of hydrogen-bond acceptors (Lipinski definition) is 5. The van der Waals surface area contributed by atoms with Crippen LogP contribution in [0.1, 0.15) is 36.0 Å². The molecule has 2 amide bonds. The molecule has 0 aromatic heterocycles. The lowest BCUT2D eigenvalue weighted by molar-refractivity contribution is -0.137. The van der Waals surface area contributed by atoms with Crippen molar-refractivity contribution < 1.29 is 14.3 Å². The molecule has 7 nitrogen and oxygen atoms in total. The van der Waals surface area contributed by atoms with E-state index in [9.17, 15) is 9.59 Å². The van der Waals surface area contributed by atoms with Gasteiger partial charge in [-0.1, -0.05) is 6.07 Å². The molecular weight excluding hydrogens is 344 g/mol. The fourth-order valence-corrected chi connectivity index (χ4v) is 5.19. The Labute approximate surface area is 159 Å². The van der Waals surface area contributed by atoms with Gasteiger partial charge in [-0.15, -0.1) is 0 Å². The quantitative estimate of drug-likeness (QED) is 0.705. The number of amides is 2. The highest BCUT2D eigenvalue weighted by molar-refractivity contribution is 5.95. The summed E-state index contributed by atoms with van der Waals surface area (Å²) in [5, 5.41) is 6.34. The number of piperidine rings is 1. The maximum atomic E-state index is 12.6. The topological polar surface area (TPSA) is 96.7 Å². The summed E-state index contributed by atoms with van der Waals surface area (Å²) in [5.41, 5.74) is 5.87. The van der Waals surface area contributed by atoms with Crippen LogP contribution in [-0.4, -0.2) is 56.7 Å². The molecule has 7 heteroatoms. The second-order valence-electron chi connectivity index (χ2n) is 8.46. The SMILES string of the molecule is CN(C)c1cccc(C(=O)NCC23CC(C(N)=O)(C2)C2(CCNCC2)O3)c1. The number of anilines is 1. The van der Waals surface area contributed by atoms with Gasteiger partial charge in [0, 0.05) is 31.9 Å². The van der Waals surface area contributed by atoms with Crippen LogP contribution >= 0.6 is 0 Å². The maximum Gasteiger partial charge on any atom is 0.251 e. The van der Waals surface area contributed by atoms with Crippen molar-refractivity contribution in [1.82, 2.24) is 10.6 Å². The molecule has 3 saturated heterocycles. The normalized spacial score (nSPS) is 30.6. The van der Waals surface area contributed by atoms with E-state index in [0.29, 0.717) is 24.9 Å². The molecule has 1 aromatic carbocycles. The van der Waals surface area contributed by atoms with Crippen molar-refractivity contribution in [3.63, 3.8) is 0 Å². The number of benzene rings is 1. The van der Waals surface area contributed by atoms with Crippen LogP contribution in [0.4, 0.5) is 5.69 Å². The zero-order valence-electron chi connectivity index (χ0n) is 16.0. The Hall–Kier alpha value is -2.12. The zero-order chi connectivity index (χ0) is 19.3. The first kappa shape index (κ1) is 18.3. The van der Waals surface area contributed by atoms with E-state index in [0.717, 1.165) is 31.6 Å². The van der Waals surface area contributed by atoms with Gasteiger partial charge in [-0.25, -0.2) is 0 Å². The standard InChI is InChI=1S/C20H28N4O3/c1-24(2)15-5-3-4-14(10-15)16(25)23-13-18-11-19(12-18,17(21)26)20(27-18)6-8-22-9-7-20/h3-5,10,22H,6-9,11-13H2,1-2H3,(H2,21,26)(H,23,25). The second-order valence-corrected chi connectivity index (χ2v) is 8.46. The van der Waals surface area contributed by atoms with Crippen LogP contribution in [0.3, 0.4) is 0 Å². The summed E-state index contributed by atoms with van der Waals surface area (Å²) in [7, 11) is 3.89. The highest BCUT2D eigenvalue weighted by Gasteiger charge is 2.77. The summed E-state index contributed by atoms with van der Waals surface area (Å²) in [4.78, 5) is 26.9. The first-order chi connectivity index (χ1) is 12.8. The number of carbonyl (C=O) groups excluding carboxylic acids is 2. The Morgan fingerprint density at radius 3 is 2.59 bits per heavy atom. The third-order valence-corrected chi connectivity index (χ3v) is 6.61. The molecule has 0 unspecified atom stereocenters. The van der Waals surface area contributed by atoms with Gasteiger partial charge in [0.25, 0.3) is 5.91 Å². The number of ether oxygens (including phenoxy) is 1. The minimum Gasteiger partial charge on any atom is -0.378 e. The number of rotatable bonds is 5. The maximum absolute atomic E-state index is 12.6. The molecule has 146 valence electrons. The number of primary amides is 1. The van der Waals surface area contributed by atoms with Gasteiger partial charge in [0.05, 0.1) is 16.6 Å². The summed E-state index contributed by atoms with van der Waals surface area (Å²) in [6.07, 6.45) is 2.79. The fourth-order valence-electron chi connectivity index (χ4n) is 5.19. The van der Waals surface area contributed by atoms with Gasteiger partial charge in [0.15, 0.2) is 0 Å². The molecule has 27 heavy (non-hydrogen) atoms. The molecular formula is C20H28N4O3. The Bertz CT molecular complexity index is 764. The highest BCUT2D eigenvalue weighted by Crippen LogP contribution is 2.68. The first-order valence-electron chi connectivity index (χ1n) is 9.58. The van der Waals surface area contributed by atoms with E-state index >= 15 is 0 Å². The van der Waals surface area contributed by atoms with E-state index in [1.165, 1.54) is 0 Å². The lowest BCUT2D eigenvalue weighted by atomic mass is 9.53. The largest absolute Gasteiger partial charge is 0.378 e. The third-order valence-electron chi connectivity index (χ3n) is 6.61. The van der Waals surface area contributed by atoms with Gasteiger partial charge >= 0.3 is 0 Å². The van der Waals surface area contributed by atoms with Crippen LogP contribution in [0, 0.1) is 5.41 Å². The molecule has 1 aliphatic carbocycles. The van der Waals surface area contributed by atoms with Crippen molar-refractivity contribution in [2.24, 2.45) is 11.1 Å². The molecule has 1 spiro atoms. The molecule has 5 rings (SSSR count). The van der Waals surface area contributed by atoms with Crippen LogP contribution in [0.15, 0.2) is 24.3 Å². The predicted octanol–water partition coefficient (Wildman–Crippen LogP) is 0.639. The summed E-state index contributed by atoms with van der Waals surface area (Å²) in [6, 6.07) is 7.51. The van der Waals surface area contributed by atoms with Crippen LogP contribution in [-0.2, 0) is 9.53 Å². The van der Waals surface area contributed by atoms with E-state index in [1.807, 2.05) is 37.2 Å². The van der Waals surface area contributed by atoms with E-state index in [2.05, 4.69) is 10.6 Å². The van der Waals surface area contributed by atoms with E-state index in [4.69, 9.17) is 10.5 Å². The Kier molecular flexibility index (Phi) is 4.20. The number of nitrogens with zero attached hydrogens (tertiary/aromatic N) is 1. The average molecular weight is 372 g/mol. The van der Waals surface area contributed by atoms with Crippen molar-refractivity contribution in [1.29, 1.82) is 0 Å². The fraction of sp³-hybridized carbons (Fsp3) is 0.600. The Morgan fingerprint density at radius 2 is 1.96 bits per heavy atom. The molecule has 4 N–H and O–H groups in total. The highest BCUT2D eigenvalue weighted by atomic mass is 16.5.